The van der Waals surface area contributed by atoms with Gasteiger partial charge in [-0.2, -0.15) is 0 Å². The minimum Gasteiger partial charge on any atom is -0.413 e. The first-order chi connectivity index (χ1) is 13.3. The van der Waals surface area contributed by atoms with Crippen molar-refractivity contribution in [3.8, 4) is 0 Å². The van der Waals surface area contributed by atoms with Gasteiger partial charge in [0.1, 0.15) is 0 Å². The summed E-state index contributed by atoms with van der Waals surface area (Å²) in [5, 5.41) is 2.89. The molecule has 1 aliphatic rings. The Labute approximate surface area is 171 Å². The number of benzene rings is 1. The summed E-state index contributed by atoms with van der Waals surface area (Å²) < 4.78 is 12.9. The zero-order valence-electron chi connectivity index (χ0n) is 18.2. The number of amides is 1. The molecule has 0 bridgehead atoms. The first-order valence-corrected chi connectivity index (χ1v) is 12.8. The van der Waals surface area contributed by atoms with E-state index in [1.807, 2.05) is 6.92 Å². The number of aromatic nitrogens is 1. The van der Waals surface area contributed by atoms with Gasteiger partial charge in [0, 0.05) is 19.0 Å². The number of carbonyl (C=O) groups is 2. The third kappa shape index (κ3) is 3.96. The van der Waals surface area contributed by atoms with Crippen LogP contribution in [0.2, 0.25) is 18.1 Å². The fourth-order valence-corrected chi connectivity index (χ4v) is 4.94. The molecule has 0 spiro atoms. The van der Waals surface area contributed by atoms with E-state index in [1.54, 1.807) is 25.2 Å². The van der Waals surface area contributed by atoms with Crippen LogP contribution in [0.25, 0.3) is 11.1 Å². The van der Waals surface area contributed by atoms with Gasteiger partial charge in [-0.1, -0.05) is 20.8 Å². The molecule has 7 nitrogen and oxygen atoms in total. The molecule has 1 aromatic heterocycles. The molecule has 158 valence electrons. The van der Waals surface area contributed by atoms with Crippen LogP contribution in [0, 0.1) is 5.92 Å². The van der Waals surface area contributed by atoms with Crippen LogP contribution >= 0.6 is 0 Å². The summed E-state index contributed by atoms with van der Waals surface area (Å²) in [6.07, 6.45) is -0.0680. The number of hydrogen-bond acceptors (Lipinski definition) is 5. The van der Waals surface area contributed by atoms with Crippen LogP contribution in [0.15, 0.2) is 27.4 Å². The highest BCUT2D eigenvalue weighted by atomic mass is 28.4. The van der Waals surface area contributed by atoms with Gasteiger partial charge in [-0.15, -0.1) is 0 Å². The third-order valence-electron chi connectivity index (χ3n) is 6.38. The zero-order valence-corrected chi connectivity index (χ0v) is 19.2. The Morgan fingerprint density at radius 1 is 1.31 bits per heavy atom. The van der Waals surface area contributed by atoms with E-state index >= 15 is 0 Å². The van der Waals surface area contributed by atoms with Crippen molar-refractivity contribution in [1.29, 1.82) is 0 Å². The van der Waals surface area contributed by atoms with Gasteiger partial charge in [-0.25, -0.2) is 4.79 Å². The second-order valence-corrected chi connectivity index (χ2v) is 14.2. The molecule has 1 N–H and O–H groups in total. The molecule has 3 rings (SSSR count). The number of Topliss-reactive ketones (excluding diaryl/α,β-unsaturated/α-hetero) is 1. The number of oxazole rings is 1. The Morgan fingerprint density at radius 2 is 1.97 bits per heavy atom. The average molecular weight is 419 g/mol. The maximum absolute atomic E-state index is 12.8. The van der Waals surface area contributed by atoms with Gasteiger partial charge in [0.2, 0.25) is 5.91 Å². The molecule has 1 fully saturated rings. The zero-order chi connectivity index (χ0) is 21.7. The van der Waals surface area contributed by atoms with E-state index < -0.39 is 14.1 Å². The van der Waals surface area contributed by atoms with Crippen molar-refractivity contribution in [1.82, 2.24) is 9.88 Å². The molecule has 1 aromatic carbocycles. The van der Waals surface area contributed by atoms with Gasteiger partial charge >= 0.3 is 5.76 Å². The van der Waals surface area contributed by atoms with E-state index in [2.05, 4.69) is 39.2 Å². The highest BCUT2D eigenvalue weighted by Gasteiger charge is 2.47. The summed E-state index contributed by atoms with van der Waals surface area (Å²) in [5.74, 6) is -0.981. The van der Waals surface area contributed by atoms with E-state index in [4.69, 9.17) is 8.84 Å². The Hall–Kier alpha value is -2.19. The van der Waals surface area contributed by atoms with E-state index in [-0.39, 0.29) is 41.2 Å². The molecule has 3 atom stereocenters. The van der Waals surface area contributed by atoms with Crippen LogP contribution in [-0.2, 0) is 16.3 Å². The minimum absolute atomic E-state index is 0.0435. The second kappa shape index (κ2) is 7.25. The first-order valence-electron chi connectivity index (χ1n) is 9.93. The molecule has 1 amide bonds. The number of β-lactam (4-membered cyclic amide) rings is 1. The van der Waals surface area contributed by atoms with Crippen molar-refractivity contribution in [2.75, 3.05) is 0 Å². The summed E-state index contributed by atoms with van der Waals surface area (Å²) in [6.45, 7) is 12.7. The van der Waals surface area contributed by atoms with Gasteiger partial charge < -0.3 is 14.2 Å². The molecule has 8 heteroatoms. The normalized spacial score (nSPS) is 21.0. The highest BCUT2D eigenvalue weighted by Crippen LogP contribution is 2.39. The van der Waals surface area contributed by atoms with Gasteiger partial charge in [0.25, 0.3) is 0 Å². The predicted octanol–water partition coefficient (Wildman–Crippen LogP) is 3.23. The number of fused-ring (bicyclic) bond motifs is 1. The molecule has 1 saturated heterocycles. The summed E-state index contributed by atoms with van der Waals surface area (Å²) in [4.78, 5) is 36.6. The van der Waals surface area contributed by atoms with Gasteiger partial charge in [0.05, 0.1) is 23.6 Å². The van der Waals surface area contributed by atoms with Crippen molar-refractivity contribution in [3.63, 3.8) is 0 Å². The number of hydrogen-bond donors (Lipinski definition) is 1. The van der Waals surface area contributed by atoms with Crippen molar-refractivity contribution in [3.05, 3.63) is 34.3 Å². The molecule has 29 heavy (non-hydrogen) atoms. The highest BCUT2D eigenvalue weighted by molar-refractivity contribution is 6.74. The Morgan fingerprint density at radius 3 is 2.55 bits per heavy atom. The van der Waals surface area contributed by atoms with E-state index in [1.165, 1.54) is 4.57 Å². The number of ketones is 1. The number of nitrogens with one attached hydrogen (secondary N) is 1. The van der Waals surface area contributed by atoms with Gasteiger partial charge in [-0.05, 0) is 43.3 Å². The lowest BCUT2D eigenvalue weighted by Gasteiger charge is -2.45. The van der Waals surface area contributed by atoms with Crippen molar-refractivity contribution in [2.24, 2.45) is 13.0 Å². The van der Waals surface area contributed by atoms with Crippen molar-refractivity contribution >= 4 is 31.1 Å². The molecule has 1 aliphatic heterocycles. The lowest BCUT2D eigenvalue weighted by molar-refractivity contribution is -0.139. The second-order valence-electron chi connectivity index (χ2n) is 9.46. The number of aryl methyl sites for hydroxylation is 1. The summed E-state index contributed by atoms with van der Waals surface area (Å²) >= 11 is 0. The van der Waals surface area contributed by atoms with Crippen molar-refractivity contribution in [2.45, 2.75) is 64.4 Å². The quantitative estimate of drug-likeness (QED) is 0.442. The van der Waals surface area contributed by atoms with Crippen molar-refractivity contribution < 1.29 is 18.4 Å². The SMILES string of the molecule is C[C@H](O[Si](C)(C)C(C)(C)C)[C@H]1C(=O)N[C@@H]1CC(=O)c1ccc2c(c1)oc(=O)n2C. The lowest BCUT2D eigenvalue weighted by atomic mass is 9.82. The molecule has 0 radical (unpaired) electrons. The molecule has 2 aromatic rings. The maximum Gasteiger partial charge on any atom is 0.419 e. The largest absolute Gasteiger partial charge is 0.419 e. The smallest absolute Gasteiger partial charge is 0.413 e. The third-order valence-corrected chi connectivity index (χ3v) is 10.9. The topological polar surface area (TPSA) is 90.5 Å². The minimum atomic E-state index is -2.02. The van der Waals surface area contributed by atoms with Crippen LogP contribution in [0.1, 0.15) is 44.5 Å². The summed E-state index contributed by atoms with van der Waals surface area (Å²) in [7, 11) is -0.400. The Bertz CT molecular complexity index is 1010. The Kier molecular flexibility index (Phi) is 5.38. The molecule has 0 saturated carbocycles. The summed E-state index contributed by atoms with van der Waals surface area (Å²) in [6, 6.07) is 4.72. The van der Waals surface area contributed by atoms with Crippen LogP contribution < -0.4 is 11.1 Å². The molecule has 0 unspecified atom stereocenters. The Balaban J connectivity index is 1.72. The molecular weight excluding hydrogens is 388 g/mol. The molecular formula is C21H30N2O5Si. The van der Waals surface area contributed by atoms with E-state index in [0.717, 1.165) is 0 Å². The monoisotopic (exact) mass is 418 g/mol. The number of carbonyl (C=O) groups excluding carboxylic acids is 2. The van der Waals surface area contributed by atoms with Crippen LogP contribution in [0.4, 0.5) is 0 Å². The van der Waals surface area contributed by atoms with Crippen LogP contribution in [-0.4, -0.2) is 36.7 Å². The fourth-order valence-electron chi connectivity index (χ4n) is 3.51. The predicted molar refractivity (Wildman–Crippen MR) is 114 cm³/mol. The number of nitrogens with zero attached hydrogens (tertiary/aromatic N) is 1. The van der Waals surface area contributed by atoms with E-state index in [0.29, 0.717) is 16.7 Å². The average Bonchev–Trinajstić information content (AvgIpc) is 2.86. The fraction of sp³-hybridized carbons (Fsp3) is 0.571. The lowest BCUT2D eigenvalue weighted by Crippen LogP contribution is -2.64. The molecule has 0 aliphatic carbocycles. The molecule has 2 heterocycles. The van der Waals surface area contributed by atoms with Gasteiger partial charge in [-0.3, -0.25) is 14.2 Å². The first kappa shape index (κ1) is 21.5. The van der Waals surface area contributed by atoms with Gasteiger partial charge in [0.15, 0.2) is 19.7 Å². The van der Waals surface area contributed by atoms with Crippen LogP contribution in [0.3, 0.4) is 0 Å². The number of rotatable bonds is 6. The van der Waals surface area contributed by atoms with E-state index in [9.17, 15) is 14.4 Å². The maximum atomic E-state index is 12.8. The van der Waals surface area contributed by atoms with Crippen LogP contribution in [0.5, 0.6) is 0 Å². The summed E-state index contributed by atoms with van der Waals surface area (Å²) in [5.41, 5.74) is 1.48. The standard InChI is InChI=1S/C21H30N2O5Si/c1-12(28-29(6,7)21(2,3)4)18-14(22-19(18)25)11-16(24)13-8-9-15-17(10-13)27-20(26)23(15)5/h8-10,12,14,18H,11H2,1-7H3,(H,22,25)/t12-,14+,18+/m0/s1.